The van der Waals surface area contributed by atoms with Crippen LogP contribution in [0.5, 0.6) is 0 Å². The van der Waals surface area contributed by atoms with Crippen molar-refractivity contribution in [2.24, 2.45) is 11.8 Å². The van der Waals surface area contributed by atoms with E-state index < -0.39 is 0 Å². The summed E-state index contributed by atoms with van der Waals surface area (Å²) in [5.41, 5.74) is 0. The quantitative estimate of drug-likeness (QED) is 0.250. The molecule has 5 fully saturated rings. The van der Waals surface area contributed by atoms with Crippen LogP contribution in [-0.2, 0) is 0 Å². The van der Waals surface area contributed by atoms with Gasteiger partial charge in [0, 0.05) is 0 Å². The average Bonchev–Trinajstić information content (AvgIpc) is 3.61. The SMILES string of the molecule is C1=CC2CCC1C2.C1CCCC1.C1CCCCC1.C1CCCCCC1.C1CCCCCCC1. The van der Waals surface area contributed by atoms with Gasteiger partial charge in [-0.05, 0) is 31.1 Å². The first kappa shape index (κ1) is 29.0. The molecule has 6 rings (SSSR count). The summed E-state index contributed by atoms with van der Waals surface area (Å²) in [6.07, 6.45) is 48.2. The molecule has 0 heterocycles. The topological polar surface area (TPSA) is 0 Å². The van der Waals surface area contributed by atoms with Gasteiger partial charge in [-0.1, -0.05) is 179 Å². The van der Waals surface area contributed by atoms with Crippen molar-refractivity contribution < 1.29 is 0 Å². The van der Waals surface area contributed by atoms with Crippen molar-refractivity contribution in [3.63, 3.8) is 0 Å². The van der Waals surface area contributed by atoms with Crippen molar-refractivity contribution in [1.82, 2.24) is 0 Å². The molecule has 0 radical (unpaired) electrons. The predicted octanol–water partition coefficient (Wildman–Crippen LogP) is 12.1. The maximum atomic E-state index is 2.38. The smallest absolute Gasteiger partial charge is 0.0228 e. The first-order chi connectivity index (χ1) is 16.4. The summed E-state index contributed by atoms with van der Waals surface area (Å²) in [5.74, 6) is 1.98. The summed E-state index contributed by atoms with van der Waals surface area (Å²) in [5, 5.41) is 0. The molecule has 0 aromatic carbocycles. The fraction of sp³-hybridized carbons (Fsp3) is 0.939. The van der Waals surface area contributed by atoms with Crippen LogP contribution in [0.3, 0.4) is 0 Å². The standard InChI is InChI=1S/C8H16.C7H10.C7H14.C6H12.C5H10/c1-2-4-6-8-7-5-3-1;1-2-7-4-3-6(1)5-7;1-2-4-6-7-5-3-1;1-2-4-6-5-3-1;1-2-4-5-3-1/h1-8H2;1-2,6-7H,3-5H2;1-7H2;1-6H2;1-5H2. The molecular formula is C33H62. The Morgan fingerprint density at radius 2 is 0.394 bits per heavy atom. The molecule has 6 aliphatic rings. The van der Waals surface area contributed by atoms with Crippen LogP contribution >= 0.6 is 0 Å². The van der Waals surface area contributed by atoms with Gasteiger partial charge in [-0.15, -0.1) is 0 Å². The third-order valence-electron chi connectivity index (χ3n) is 8.67. The minimum absolute atomic E-state index is 0.991. The average molecular weight is 459 g/mol. The lowest BCUT2D eigenvalue weighted by molar-refractivity contribution is 0.504. The Morgan fingerprint density at radius 3 is 0.455 bits per heavy atom. The highest BCUT2D eigenvalue weighted by atomic mass is 14.3. The lowest BCUT2D eigenvalue weighted by Gasteiger charge is -2.05. The first-order valence-corrected chi connectivity index (χ1v) is 16.1. The van der Waals surface area contributed by atoms with Gasteiger partial charge in [-0.2, -0.15) is 0 Å². The highest BCUT2D eigenvalue weighted by molar-refractivity contribution is 5.06. The summed E-state index contributed by atoms with van der Waals surface area (Å²) in [6.45, 7) is 0. The van der Waals surface area contributed by atoms with Gasteiger partial charge >= 0.3 is 0 Å². The highest BCUT2D eigenvalue weighted by Gasteiger charge is 2.25. The molecule has 0 aliphatic heterocycles. The lowest BCUT2D eigenvalue weighted by atomic mass is 10.0. The number of fused-ring (bicyclic) bond motifs is 2. The first-order valence-electron chi connectivity index (χ1n) is 16.1. The summed E-state index contributed by atoms with van der Waals surface area (Å²) in [6, 6.07) is 0. The maximum Gasteiger partial charge on any atom is -0.0228 e. The second-order valence-corrected chi connectivity index (χ2v) is 11.9. The second kappa shape index (κ2) is 22.2. The monoisotopic (exact) mass is 458 g/mol. The zero-order valence-electron chi connectivity index (χ0n) is 22.8. The van der Waals surface area contributed by atoms with E-state index in [4.69, 9.17) is 0 Å². The largest absolute Gasteiger partial charge is 0.0851 e. The molecule has 0 N–H and O–H groups in total. The van der Waals surface area contributed by atoms with Crippen LogP contribution in [0, 0.1) is 11.8 Å². The molecule has 0 nitrogen and oxygen atoms in total. The molecule has 0 spiro atoms. The summed E-state index contributed by atoms with van der Waals surface area (Å²) in [4.78, 5) is 0. The molecule has 2 atom stereocenters. The van der Waals surface area contributed by atoms with Gasteiger partial charge in [-0.3, -0.25) is 0 Å². The van der Waals surface area contributed by atoms with Crippen LogP contribution in [0.15, 0.2) is 12.2 Å². The van der Waals surface area contributed by atoms with Gasteiger partial charge in [0.15, 0.2) is 0 Å². The van der Waals surface area contributed by atoms with E-state index in [1.807, 2.05) is 0 Å². The van der Waals surface area contributed by atoms with E-state index in [9.17, 15) is 0 Å². The van der Waals surface area contributed by atoms with Crippen LogP contribution in [0.4, 0.5) is 0 Å². The Kier molecular flexibility index (Phi) is 19.5. The fourth-order valence-corrected chi connectivity index (χ4v) is 6.31. The van der Waals surface area contributed by atoms with E-state index in [0.717, 1.165) is 11.8 Å². The van der Waals surface area contributed by atoms with Crippen molar-refractivity contribution in [2.75, 3.05) is 0 Å². The number of rotatable bonds is 0. The zero-order valence-corrected chi connectivity index (χ0v) is 22.8. The zero-order chi connectivity index (χ0) is 23.1. The summed E-state index contributed by atoms with van der Waals surface area (Å²) >= 11 is 0. The minimum Gasteiger partial charge on any atom is -0.0851 e. The Morgan fingerprint density at radius 1 is 0.242 bits per heavy atom. The Bertz CT molecular complexity index is 339. The molecule has 2 bridgehead atoms. The van der Waals surface area contributed by atoms with E-state index in [1.165, 1.54) is 186 Å². The Balaban J connectivity index is 0.000000147. The third kappa shape index (κ3) is 17.8. The molecule has 5 saturated carbocycles. The Hall–Kier alpha value is -0.260. The predicted molar refractivity (Wildman–Crippen MR) is 150 cm³/mol. The van der Waals surface area contributed by atoms with Gasteiger partial charge < -0.3 is 0 Å². The molecule has 6 aliphatic carbocycles. The van der Waals surface area contributed by atoms with E-state index in [-0.39, 0.29) is 0 Å². The molecule has 194 valence electrons. The van der Waals surface area contributed by atoms with Gasteiger partial charge in [0.05, 0.1) is 0 Å². The Labute approximate surface area is 210 Å². The van der Waals surface area contributed by atoms with Crippen LogP contribution < -0.4 is 0 Å². The van der Waals surface area contributed by atoms with Gasteiger partial charge in [-0.25, -0.2) is 0 Å². The van der Waals surface area contributed by atoms with Crippen molar-refractivity contribution >= 4 is 0 Å². The van der Waals surface area contributed by atoms with Crippen LogP contribution in [-0.4, -0.2) is 0 Å². The van der Waals surface area contributed by atoms with Crippen molar-refractivity contribution in [3.05, 3.63) is 12.2 Å². The molecule has 2 unspecified atom stereocenters. The highest BCUT2D eigenvalue weighted by Crippen LogP contribution is 2.38. The second-order valence-electron chi connectivity index (χ2n) is 11.9. The number of hydrogen-bond donors (Lipinski definition) is 0. The van der Waals surface area contributed by atoms with Gasteiger partial charge in [0.2, 0.25) is 0 Å². The molecular weight excluding hydrogens is 396 g/mol. The van der Waals surface area contributed by atoms with Crippen molar-refractivity contribution in [1.29, 1.82) is 0 Å². The molecule has 0 aromatic heterocycles. The number of allylic oxidation sites excluding steroid dienone is 2. The van der Waals surface area contributed by atoms with E-state index in [0.29, 0.717) is 0 Å². The van der Waals surface area contributed by atoms with Crippen LogP contribution in [0.25, 0.3) is 0 Å². The van der Waals surface area contributed by atoms with E-state index in [1.54, 1.807) is 0 Å². The molecule has 0 amide bonds. The van der Waals surface area contributed by atoms with Crippen molar-refractivity contribution in [3.8, 4) is 0 Å². The fourth-order valence-electron chi connectivity index (χ4n) is 6.31. The third-order valence-corrected chi connectivity index (χ3v) is 8.67. The molecule has 0 aromatic rings. The van der Waals surface area contributed by atoms with Crippen LogP contribution in [0.1, 0.15) is 186 Å². The molecule has 0 heteroatoms. The summed E-state index contributed by atoms with van der Waals surface area (Å²) < 4.78 is 0. The normalized spacial score (nSPS) is 28.6. The summed E-state index contributed by atoms with van der Waals surface area (Å²) in [7, 11) is 0. The van der Waals surface area contributed by atoms with Gasteiger partial charge in [0.1, 0.15) is 0 Å². The van der Waals surface area contributed by atoms with E-state index in [2.05, 4.69) is 12.2 Å². The van der Waals surface area contributed by atoms with E-state index >= 15 is 0 Å². The maximum absolute atomic E-state index is 2.38. The number of hydrogen-bond acceptors (Lipinski definition) is 0. The van der Waals surface area contributed by atoms with Crippen LogP contribution in [0.2, 0.25) is 0 Å². The molecule has 0 saturated heterocycles. The van der Waals surface area contributed by atoms with Crippen molar-refractivity contribution in [2.45, 2.75) is 186 Å². The van der Waals surface area contributed by atoms with Gasteiger partial charge in [0.25, 0.3) is 0 Å². The minimum atomic E-state index is 0.991. The lowest BCUT2D eigenvalue weighted by Crippen LogP contribution is -1.85. The molecule has 33 heavy (non-hydrogen) atoms.